The lowest BCUT2D eigenvalue weighted by molar-refractivity contribution is -0.275. The summed E-state index contributed by atoms with van der Waals surface area (Å²) in [7, 11) is 0. The highest BCUT2D eigenvalue weighted by molar-refractivity contribution is 6.67. The molecule has 0 radical (unpaired) electrons. The van der Waals surface area contributed by atoms with E-state index in [9.17, 15) is 31.1 Å². The van der Waals surface area contributed by atoms with Crippen molar-refractivity contribution in [2.45, 2.75) is 18.4 Å². The van der Waals surface area contributed by atoms with Crippen LogP contribution in [0.2, 0.25) is 0 Å². The van der Waals surface area contributed by atoms with E-state index in [0.717, 1.165) is 0 Å². The Morgan fingerprint density at radius 2 is 1.80 bits per heavy atom. The predicted octanol–water partition coefficient (Wildman–Crippen LogP) is 4.12. The highest BCUT2D eigenvalue weighted by atomic mass is 35.5. The molecule has 3 nitrogen and oxygen atoms in total. The summed E-state index contributed by atoms with van der Waals surface area (Å²) in [6, 6.07) is 0. The minimum Gasteiger partial charge on any atom is -0.403 e. The fourth-order valence-electron chi connectivity index (χ4n) is 1.27. The number of halogens is 8. The Balaban J connectivity index is 3.59. The summed E-state index contributed by atoms with van der Waals surface area (Å²) < 4.78 is 77.9. The SMILES string of the molecule is O=C(Cl)c1ncc(C(F)(F)F)c(CCl)c1OC(F)(F)F. The lowest BCUT2D eigenvalue weighted by Gasteiger charge is -2.18. The Bertz CT molecular complexity index is 528. The Labute approximate surface area is 117 Å². The molecule has 1 rings (SSSR count). The van der Waals surface area contributed by atoms with Crippen LogP contribution in [0.15, 0.2) is 6.20 Å². The van der Waals surface area contributed by atoms with Crippen LogP contribution in [-0.2, 0) is 12.1 Å². The van der Waals surface area contributed by atoms with E-state index in [1.54, 1.807) is 0 Å². The van der Waals surface area contributed by atoms with Gasteiger partial charge in [-0.05, 0) is 11.6 Å². The van der Waals surface area contributed by atoms with Gasteiger partial charge in [0.1, 0.15) is 0 Å². The van der Waals surface area contributed by atoms with Crippen molar-refractivity contribution in [3.05, 3.63) is 23.0 Å². The van der Waals surface area contributed by atoms with Crippen molar-refractivity contribution in [2.75, 3.05) is 0 Å². The molecule has 1 heterocycles. The summed E-state index contributed by atoms with van der Waals surface area (Å²) in [6.07, 6.45) is -10.2. The first kappa shape index (κ1) is 16.8. The number of rotatable bonds is 3. The number of hydrogen-bond acceptors (Lipinski definition) is 3. The molecule has 11 heteroatoms. The third-order valence-corrected chi connectivity index (χ3v) is 2.43. The molecule has 20 heavy (non-hydrogen) atoms. The molecule has 0 aliphatic rings. The van der Waals surface area contributed by atoms with Gasteiger partial charge in [-0.2, -0.15) is 13.2 Å². The maximum Gasteiger partial charge on any atom is 0.573 e. The van der Waals surface area contributed by atoms with E-state index >= 15 is 0 Å². The van der Waals surface area contributed by atoms with Gasteiger partial charge in [-0.15, -0.1) is 24.8 Å². The van der Waals surface area contributed by atoms with Gasteiger partial charge in [0.25, 0.3) is 5.24 Å². The maximum absolute atomic E-state index is 12.6. The first-order valence-corrected chi connectivity index (χ1v) is 5.49. The normalized spacial score (nSPS) is 12.4. The van der Waals surface area contributed by atoms with Gasteiger partial charge in [0.2, 0.25) is 0 Å². The topological polar surface area (TPSA) is 39.2 Å². The molecule has 0 aliphatic heterocycles. The molecule has 0 bridgehead atoms. The van der Waals surface area contributed by atoms with E-state index in [-0.39, 0.29) is 6.20 Å². The van der Waals surface area contributed by atoms with Crippen LogP contribution < -0.4 is 4.74 Å². The Morgan fingerprint density at radius 3 is 2.15 bits per heavy atom. The van der Waals surface area contributed by atoms with Crippen LogP contribution in [0.3, 0.4) is 0 Å². The summed E-state index contributed by atoms with van der Waals surface area (Å²) in [5.74, 6) is -2.44. The molecular weight excluding hydrogens is 339 g/mol. The van der Waals surface area contributed by atoms with Crippen LogP contribution in [0, 0.1) is 0 Å². The van der Waals surface area contributed by atoms with Crippen LogP contribution in [0.25, 0.3) is 0 Å². The van der Waals surface area contributed by atoms with Crippen molar-refractivity contribution in [3.63, 3.8) is 0 Å². The Morgan fingerprint density at radius 1 is 1.25 bits per heavy atom. The second-order valence-corrected chi connectivity index (χ2v) is 3.89. The van der Waals surface area contributed by atoms with Crippen molar-refractivity contribution in [2.24, 2.45) is 0 Å². The molecular formula is C9H3Cl2F6NO2. The van der Waals surface area contributed by atoms with Crippen molar-refractivity contribution in [1.82, 2.24) is 4.98 Å². The number of carbonyl (C=O) groups is 1. The smallest absolute Gasteiger partial charge is 0.403 e. The van der Waals surface area contributed by atoms with Crippen molar-refractivity contribution < 1.29 is 35.9 Å². The summed E-state index contributed by atoms with van der Waals surface area (Å²) in [5.41, 5.74) is -3.73. The fourth-order valence-corrected chi connectivity index (χ4v) is 1.67. The zero-order valence-electron chi connectivity index (χ0n) is 9.07. The Hall–Kier alpha value is -1.22. The molecule has 0 N–H and O–H groups in total. The predicted molar refractivity (Wildman–Crippen MR) is 55.7 cm³/mol. The van der Waals surface area contributed by atoms with Crippen molar-refractivity contribution in [1.29, 1.82) is 0 Å². The lowest BCUT2D eigenvalue weighted by atomic mass is 10.1. The standard InChI is InChI=1S/C9H3Cl2F6NO2/c10-1-3-4(8(12,13)14)2-18-5(7(11)19)6(3)20-9(15,16)17/h2H,1H2. The molecule has 0 aromatic carbocycles. The van der Waals surface area contributed by atoms with Crippen LogP contribution in [0.5, 0.6) is 5.75 Å². The number of hydrogen-bond donors (Lipinski definition) is 0. The maximum atomic E-state index is 12.6. The average Bonchev–Trinajstić information content (AvgIpc) is 2.24. The van der Waals surface area contributed by atoms with Gasteiger partial charge in [-0.1, -0.05) is 0 Å². The van der Waals surface area contributed by atoms with Gasteiger partial charge in [0, 0.05) is 11.8 Å². The average molecular weight is 342 g/mol. The highest BCUT2D eigenvalue weighted by Gasteiger charge is 2.40. The van der Waals surface area contributed by atoms with Gasteiger partial charge in [0.15, 0.2) is 11.4 Å². The molecule has 1 aromatic rings. The van der Waals surface area contributed by atoms with Crippen molar-refractivity contribution >= 4 is 28.4 Å². The molecule has 0 saturated carbocycles. The molecule has 0 fully saturated rings. The Kier molecular flexibility index (Phi) is 4.75. The number of pyridine rings is 1. The minimum atomic E-state index is -5.34. The molecule has 0 unspecified atom stereocenters. The van der Waals surface area contributed by atoms with E-state index in [1.807, 2.05) is 0 Å². The van der Waals surface area contributed by atoms with Crippen LogP contribution in [-0.4, -0.2) is 16.6 Å². The van der Waals surface area contributed by atoms with E-state index in [2.05, 4.69) is 9.72 Å². The van der Waals surface area contributed by atoms with Crippen LogP contribution >= 0.6 is 23.2 Å². The third kappa shape index (κ3) is 3.89. The molecule has 0 spiro atoms. The second kappa shape index (κ2) is 5.65. The second-order valence-electron chi connectivity index (χ2n) is 3.28. The molecule has 112 valence electrons. The van der Waals surface area contributed by atoms with E-state index in [4.69, 9.17) is 23.2 Å². The van der Waals surface area contributed by atoms with E-state index in [1.165, 1.54) is 0 Å². The van der Waals surface area contributed by atoms with E-state index in [0.29, 0.717) is 0 Å². The highest BCUT2D eigenvalue weighted by Crippen LogP contribution is 2.39. The van der Waals surface area contributed by atoms with Crippen LogP contribution in [0.4, 0.5) is 26.3 Å². The van der Waals surface area contributed by atoms with Gasteiger partial charge in [-0.3, -0.25) is 4.79 Å². The molecule has 1 aromatic heterocycles. The minimum absolute atomic E-state index is 0.163. The number of nitrogens with zero attached hydrogens (tertiary/aromatic N) is 1. The third-order valence-electron chi connectivity index (χ3n) is 1.98. The quantitative estimate of drug-likeness (QED) is 0.471. The zero-order chi connectivity index (χ0) is 15.7. The summed E-state index contributed by atoms with van der Waals surface area (Å²) in [6.45, 7) is 0. The summed E-state index contributed by atoms with van der Waals surface area (Å²) >= 11 is 10.2. The molecule has 0 amide bonds. The monoisotopic (exact) mass is 341 g/mol. The summed E-state index contributed by atoms with van der Waals surface area (Å²) in [4.78, 5) is 13.9. The largest absolute Gasteiger partial charge is 0.573 e. The van der Waals surface area contributed by atoms with Gasteiger partial charge in [-0.25, -0.2) is 4.98 Å². The van der Waals surface area contributed by atoms with Crippen molar-refractivity contribution in [3.8, 4) is 5.75 Å². The van der Waals surface area contributed by atoms with Gasteiger partial charge >= 0.3 is 12.5 Å². The molecule has 0 aliphatic carbocycles. The van der Waals surface area contributed by atoms with Crippen LogP contribution in [0.1, 0.15) is 21.6 Å². The zero-order valence-corrected chi connectivity index (χ0v) is 10.6. The lowest BCUT2D eigenvalue weighted by Crippen LogP contribution is -2.22. The summed E-state index contributed by atoms with van der Waals surface area (Å²) in [5, 5.41) is -1.51. The molecule has 0 saturated heterocycles. The fraction of sp³-hybridized carbons (Fsp3) is 0.333. The first-order valence-electron chi connectivity index (χ1n) is 4.58. The molecule has 0 atom stereocenters. The number of ether oxygens (including phenoxy) is 1. The first-order chi connectivity index (χ1) is 8.97. The van der Waals surface area contributed by atoms with E-state index < -0.39 is 46.2 Å². The number of alkyl halides is 7. The number of carbonyl (C=O) groups excluding carboxylic acids is 1. The van der Waals surface area contributed by atoms with Gasteiger partial charge < -0.3 is 4.74 Å². The number of aromatic nitrogens is 1. The van der Waals surface area contributed by atoms with Gasteiger partial charge in [0.05, 0.1) is 11.4 Å².